The number of hydrogen-bond acceptors (Lipinski definition) is 1. The molecule has 0 aliphatic carbocycles. The molecule has 0 bridgehead atoms. The third kappa shape index (κ3) is 4.04. The molecular weight excluding hydrogens is 424 g/mol. The first kappa shape index (κ1) is 21.1. The summed E-state index contributed by atoms with van der Waals surface area (Å²) in [5.74, 6) is 0. The van der Waals surface area contributed by atoms with Crippen LogP contribution in [0.5, 0.6) is 0 Å². The minimum atomic E-state index is 0.699. The van der Waals surface area contributed by atoms with Gasteiger partial charge in [0.15, 0.2) is 0 Å². The van der Waals surface area contributed by atoms with Gasteiger partial charge in [0.2, 0.25) is 0 Å². The molecule has 35 heavy (non-hydrogen) atoms. The molecule has 0 atom stereocenters. The molecule has 0 amide bonds. The normalized spacial score (nSPS) is 11.9. The van der Waals surface area contributed by atoms with Crippen LogP contribution in [0.15, 0.2) is 132 Å². The molecule has 0 saturated heterocycles. The first-order chi connectivity index (χ1) is 17.3. The third-order valence-electron chi connectivity index (χ3n) is 6.66. The predicted octanol–water partition coefficient (Wildman–Crippen LogP) is 8.46. The highest BCUT2D eigenvalue weighted by Gasteiger charge is 2.11. The Hall–Kier alpha value is -4.43. The highest BCUT2D eigenvalue weighted by Crippen LogP contribution is 2.32. The minimum Gasteiger partial charge on any atom is -0.309 e. The summed E-state index contributed by atoms with van der Waals surface area (Å²) >= 11 is 0. The first-order valence-electron chi connectivity index (χ1n) is 12.0. The van der Waals surface area contributed by atoms with Crippen molar-refractivity contribution in [3.8, 4) is 16.8 Å². The molecule has 0 fully saturated rings. The fraction of sp³-hybridized carbons (Fsp3) is 0.0606. The standard InChI is InChI=1S/C33H26N2/c1-24(34-23-25-10-3-2-4-11-25)27-12-9-13-28(22-27)26-18-20-29(21-19-26)35-32-16-7-5-14-30(32)31-15-6-8-17-33(31)35/h2-22H,23H2,1H3. The zero-order valence-corrected chi connectivity index (χ0v) is 19.7. The second-order valence-electron chi connectivity index (χ2n) is 8.88. The van der Waals surface area contributed by atoms with Crippen LogP contribution in [0.1, 0.15) is 18.1 Å². The van der Waals surface area contributed by atoms with Crippen LogP contribution < -0.4 is 0 Å². The number of nitrogens with zero attached hydrogens (tertiary/aromatic N) is 2. The molecule has 0 saturated carbocycles. The molecule has 0 aliphatic heterocycles. The van der Waals surface area contributed by atoms with Gasteiger partial charge < -0.3 is 4.57 Å². The van der Waals surface area contributed by atoms with Crippen molar-refractivity contribution < 1.29 is 0 Å². The van der Waals surface area contributed by atoms with Gasteiger partial charge in [-0.1, -0.05) is 97.1 Å². The van der Waals surface area contributed by atoms with Crippen molar-refractivity contribution in [2.24, 2.45) is 4.99 Å². The summed E-state index contributed by atoms with van der Waals surface area (Å²) in [6.45, 7) is 2.79. The van der Waals surface area contributed by atoms with E-state index in [-0.39, 0.29) is 0 Å². The van der Waals surface area contributed by atoms with Gasteiger partial charge in [-0.05, 0) is 59.5 Å². The molecule has 0 N–H and O–H groups in total. The Kier molecular flexibility index (Phi) is 5.48. The lowest BCUT2D eigenvalue weighted by molar-refractivity contribution is 1.06. The van der Waals surface area contributed by atoms with E-state index in [2.05, 4.69) is 133 Å². The molecule has 2 heteroatoms. The molecule has 5 aromatic carbocycles. The van der Waals surface area contributed by atoms with Crippen LogP contribution in [-0.2, 0) is 6.54 Å². The number of aliphatic imine (C=N–C) groups is 1. The van der Waals surface area contributed by atoms with E-state index in [1.807, 2.05) is 6.07 Å². The molecule has 0 spiro atoms. The van der Waals surface area contributed by atoms with Gasteiger partial charge in [0, 0.05) is 22.2 Å². The maximum absolute atomic E-state index is 4.82. The third-order valence-corrected chi connectivity index (χ3v) is 6.66. The van der Waals surface area contributed by atoms with E-state index in [1.165, 1.54) is 44.2 Å². The van der Waals surface area contributed by atoms with Crippen molar-refractivity contribution in [1.82, 2.24) is 4.57 Å². The Balaban J connectivity index is 1.33. The molecule has 6 aromatic rings. The van der Waals surface area contributed by atoms with Crippen molar-refractivity contribution >= 4 is 27.5 Å². The van der Waals surface area contributed by atoms with E-state index >= 15 is 0 Å². The quantitative estimate of drug-likeness (QED) is 0.234. The number of aromatic nitrogens is 1. The van der Waals surface area contributed by atoms with Gasteiger partial charge in [-0.15, -0.1) is 0 Å². The summed E-state index contributed by atoms with van der Waals surface area (Å²) in [7, 11) is 0. The summed E-state index contributed by atoms with van der Waals surface area (Å²) in [5.41, 5.74) is 9.47. The van der Waals surface area contributed by atoms with Gasteiger partial charge in [-0.25, -0.2) is 0 Å². The summed E-state index contributed by atoms with van der Waals surface area (Å²) in [6, 6.07) is 45.2. The van der Waals surface area contributed by atoms with E-state index in [1.54, 1.807) is 0 Å². The zero-order chi connectivity index (χ0) is 23.6. The Labute approximate surface area is 205 Å². The van der Waals surface area contributed by atoms with Gasteiger partial charge in [0.25, 0.3) is 0 Å². The number of rotatable bonds is 5. The van der Waals surface area contributed by atoms with E-state index < -0.39 is 0 Å². The Morgan fingerprint density at radius 3 is 1.91 bits per heavy atom. The fourth-order valence-electron chi connectivity index (χ4n) is 4.81. The van der Waals surface area contributed by atoms with E-state index in [0.717, 1.165) is 11.3 Å². The lowest BCUT2D eigenvalue weighted by Crippen LogP contribution is -1.97. The van der Waals surface area contributed by atoms with Crippen molar-refractivity contribution in [3.05, 3.63) is 139 Å². The molecule has 168 valence electrons. The summed E-state index contributed by atoms with van der Waals surface area (Å²) < 4.78 is 2.35. The van der Waals surface area contributed by atoms with Crippen LogP contribution in [0.2, 0.25) is 0 Å². The van der Waals surface area contributed by atoms with Crippen LogP contribution in [0, 0.1) is 0 Å². The molecule has 1 aromatic heterocycles. The van der Waals surface area contributed by atoms with Gasteiger partial charge in [0.05, 0.1) is 17.6 Å². The van der Waals surface area contributed by atoms with Crippen LogP contribution in [-0.4, -0.2) is 10.3 Å². The smallest absolute Gasteiger partial charge is 0.0643 e. The van der Waals surface area contributed by atoms with Gasteiger partial charge >= 0.3 is 0 Å². The number of fused-ring (bicyclic) bond motifs is 3. The van der Waals surface area contributed by atoms with Gasteiger partial charge in [-0.3, -0.25) is 4.99 Å². The van der Waals surface area contributed by atoms with E-state index in [4.69, 9.17) is 4.99 Å². The van der Waals surface area contributed by atoms with Gasteiger partial charge in [0.1, 0.15) is 0 Å². The first-order valence-corrected chi connectivity index (χ1v) is 12.0. The monoisotopic (exact) mass is 450 g/mol. The molecule has 0 aliphatic rings. The SMILES string of the molecule is CC(=NCc1ccccc1)c1cccc(-c2ccc(-n3c4ccccc4c4ccccc43)cc2)c1. The summed E-state index contributed by atoms with van der Waals surface area (Å²) in [6.07, 6.45) is 0. The van der Waals surface area contributed by atoms with E-state index in [0.29, 0.717) is 6.54 Å². The number of benzene rings is 5. The minimum absolute atomic E-state index is 0.699. The maximum atomic E-state index is 4.82. The van der Waals surface area contributed by atoms with Crippen LogP contribution >= 0.6 is 0 Å². The summed E-state index contributed by atoms with van der Waals surface area (Å²) in [4.78, 5) is 4.82. The number of para-hydroxylation sites is 2. The second-order valence-corrected chi connectivity index (χ2v) is 8.88. The van der Waals surface area contributed by atoms with Crippen LogP contribution in [0.25, 0.3) is 38.6 Å². The van der Waals surface area contributed by atoms with Gasteiger partial charge in [-0.2, -0.15) is 0 Å². The molecule has 0 unspecified atom stereocenters. The van der Waals surface area contributed by atoms with E-state index in [9.17, 15) is 0 Å². The fourth-order valence-corrected chi connectivity index (χ4v) is 4.81. The second kappa shape index (κ2) is 9.08. The van der Waals surface area contributed by atoms with Crippen molar-refractivity contribution in [2.45, 2.75) is 13.5 Å². The molecular formula is C33H26N2. The molecule has 0 radical (unpaired) electrons. The zero-order valence-electron chi connectivity index (χ0n) is 19.7. The highest BCUT2D eigenvalue weighted by atomic mass is 15.0. The topological polar surface area (TPSA) is 17.3 Å². The molecule has 6 rings (SSSR count). The van der Waals surface area contributed by atoms with Crippen LogP contribution in [0.4, 0.5) is 0 Å². The molecule has 2 nitrogen and oxygen atoms in total. The van der Waals surface area contributed by atoms with Crippen LogP contribution in [0.3, 0.4) is 0 Å². The average molecular weight is 451 g/mol. The number of hydrogen-bond donors (Lipinski definition) is 0. The lowest BCUT2D eigenvalue weighted by atomic mass is 10.0. The lowest BCUT2D eigenvalue weighted by Gasteiger charge is -2.10. The molecule has 1 heterocycles. The average Bonchev–Trinajstić information content (AvgIpc) is 3.27. The predicted molar refractivity (Wildman–Crippen MR) is 149 cm³/mol. The van der Waals surface area contributed by atoms with Crippen molar-refractivity contribution in [1.29, 1.82) is 0 Å². The maximum Gasteiger partial charge on any atom is 0.0643 e. The largest absolute Gasteiger partial charge is 0.309 e. The Morgan fingerprint density at radius 2 is 1.23 bits per heavy atom. The Bertz CT molecular complexity index is 1600. The Morgan fingerprint density at radius 1 is 0.600 bits per heavy atom. The van der Waals surface area contributed by atoms with Crippen molar-refractivity contribution in [2.75, 3.05) is 0 Å². The highest BCUT2D eigenvalue weighted by molar-refractivity contribution is 6.09. The summed E-state index contributed by atoms with van der Waals surface area (Å²) in [5, 5.41) is 2.57. The van der Waals surface area contributed by atoms with Crippen molar-refractivity contribution in [3.63, 3.8) is 0 Å².